The Morgan fingerprint density at radius 3 is 2.71 bits per heavy atom. The molecule has 1 aromatic carbocycles. The van der Waals surface area contributed by atoms with Crippen molar-refractivity contribution in [1.82, 2.24) is 9.21 Å². The molecule has 156 valence electrons. The molecule has 0 unspecified atom stereocenters. The Kier molecular flexibility index (Phi) is 6.49. The lowest BCUT2D eigenvalue weighted by Crippen LogP contribution is -2.49. The summed E-state index contributed by atoms with van der Waals surface area (Å²) < 4.78 is 34.5. The molecule has 1 heterocycles. The first kappa shape index (κ1) is 21.3. The highest BCUT2D eigenvalue weighted by atomic mass is 32.2. The third-order valence-corrected chi connectivity index (χ3v) is 7.64. The van der Waals surface area contributed by atoms with Crippen LogP contribution in [0.3, 0.4) is 0 Å². The second-order valence-electron chi connectivity index (χ2n) is 8.29. The van der Waals surface area contributed by atoms with E-state index in [9.17, 15) is 13.5 Å². The molecule has 1 aromatic rings. The van der Waals surface area contributed by atoms with Crippen molar-refractivity contribution in [2.75, 3.05) is 33.8 Å². The van der Waals surface area contributed by atoms with Crippen LogP contribution in [0.15, 0.2) is 29.2 Å². The number of aliphatic hydroxyl groups excluding tert-OH is 1. The third kappa shape index (κ3) is 4.27. The third-order valence-electron chi connectivity index (χ3n) is 5.62. The smallest absolute Gasteiger partial charge is 0.247 e. The second kappa shape index (κ2) is 8.53. The van der Waals surface area contributed by atoms with Gasteiger partial charge in [0.1, 0.15) is 16.7 Å². The predicted molar refractivity (Wildman–Crippen MR) is 111 cm³/mol. The van der Waals surface area contributed by atoms with Gasteiger partial charge in [0.2, 0.25) is 10.0 Å². The van der Waals surface area contributed by atoms with Crippen molar-refractivity contribution in [3.8, 4) is 5.75 Å². The van der Waals surface area contributed by atoms with Crippen LogP contribution < -0.4 is 4.74 Å². The summed E-state index contributed by atoms with van der Waals surface area (Å²) in [7, 11) is 0.209. The highest BCUT2D eigenvalue weighted by molar-refractivity contribution is 7.89. The predicted octanol–water partition coefficient (Wildman–Crippen LogP) is 2.58. The lowest BCUT2D eigenvalue weighted by molar-refractivity contribution is 0.0812. The standard InChI is InChI=1S/C21H32N2O4S/c1-15-12-23(16(2)14-24)28(25,26)21-10-9-18(17-7-5-6-8-17)11-19(21)27-20(15)13-22(3)4/h7,9-11,15-16,20,24H,5-6,8,12-14H2,1-4H3/t15-,16+,20-/m0/s1. The Morgan fingerprint density at radius 1 is 1.36 bits per heavy atom. The topological polar surface area (TPSA) is 70.1 Å². The first-order chi connectivity index (χ1) is 13.2. The molecule has 3 atom stereocenters. The number of aliphatic hydroxyl groups is 1. The Morgan fingerprint density at radius 2 is 2.11 bits per heavy atom. The van der Waals surface area contributed by atoms with Crippen LogP contribution in [0.4, 0.5) is 0 Å². The van der Waals surface area contributed by atoms with E-state index >= 15 is 0 Å². The van der Waals surface area contributed by atoms with Gasteiger partial charge in [-0.25, -0.2) is 8.42 Å². The molecule has 2 aliphatic rings. The molecule has 1 aliphatic carbocycles. The van der Waals surface area contributed by atoms with Gasteiger partial charge in [-0.1, -0.05) is 19.1 Å². The highest BCUT2D eigenvalue weighted by Crippen LogP contribution is 2.37. The largest absolute Gasteiger partial charge is 0.487 e. The summed E-state index contributed by atoms with van der Waals surface area (Å²) in [6.07, 6.45) is 5.28. The molecule has 0 radical (unpaired) electrons. The van der Waals surface area contributed by atoms with E-state index in [2.05, 4.69) is 11.0 Å². The number of nitrogens with zero attached hydrogens (tertiary/aromatic N) is 2. The number of likely N-dealkylation sites (N-methyl/N-ethyl adjacent to an activating group) is 1. The van der Waals surface area contributed by atoms with Gasteiger partial charge >= 0.3 is 0 Å². The molecule has 0 bridgehead atoms. The molecule has 6 nitrogen and oxygen atoms in total. The summed E-state index contributed by atoms with van der Waals surface area (Å²) in [4.78, 5) is 2.24. The van der Waals surface area contributed by atoms with E-state index in [4.69, 9.17) is 4.74 Å². The van der Waals surface area contributed by atoms with Crippen molar-refractivity contribution in [2.24, 2.45) is 5.92 Å². The number of hydrogen-bond acceptors (Lipinski definition) is 5. The van der Waals surface area contributed by atoms with Crippen LogP contribution in [0, 0.1) is 5.92 Å². The Labute approximate surface area is 168 Å². The van der Waals surface area contributed by atoms with Crippen molar-refractivity contribution in [3.63, 3.8) is 0 Å². The molecule has 0 spiro atoms. The molecule has 0 saturated heterocycles. The number of sulfonamides is 1. The summed E-state index contributed by atoms with van der Waals surface area (Å²) in [6, 6.07) is 4.94. The zero-order valence-electron chi connectivity index (χ0n) is 17.3. The number of benzene rings is 1. The molecular formula is C21H32N2O4S. The lowest BCUT2D eigenvalue weighted by atomic mass is 10.0. The fraction of sp³-hybridized carbons (Fsp3) is 0.619. The van der Waals surface area contributed by atoms with E-state index in [0.717, 1.165) is 24.8 Å². The Balaban J connectivity index is 2.11. The molecule has 0 saturated carbocycles. The van der Waals surface area contributed by atoms with E-state index in [-0.39, 0.29) is 23.5 Å². The summed E-state index contributed by atoms with van der Waals surface area (Å²) in [5.74, 6) is 0.396. The molecule has 0 amide bonds. The molecular weight excluding hydrogens is 376 g/mol. The molecule has 1 aliphatic heterocycles. The summed E-state index contributed by atoms with van der Waals surface area (Å²) in [5.41, 5.74) is 2.29. The zero-order chi connectivity index (χ0) is 20.5. The quantitative estimate of drug-likeness (QED) is 0.811. The van der Waals surface area contributed by atoms with Crippen LogP contribution >= 0.6 is 0 Å². The fourth-order valence-corrected chi connectivity index (χ4v) is 5.76. The number of hydrogen-bond donors (Lipinski definition) is 1. The van der Waals surface area contributed by atoms with Gasteiger partial charge < -0.3 is 14.7 Å². The van der Waals surface area contributed by atoms with Gasteiger partial charge in [-0.3, -0.25) is 0 Å². The van der Waals surface area contributed by atoms with Crippen LogP contribution in [0.25, 0.3) is 5.57 Å². The van der Waals surface area contributed by atoms with E-state index in [1.54, 1.807) is 13.0 Å². The number of allylic oxidation sites excluding steroid dienone is 2. The van der Waals surface area contributed by atoms with Crippen LogP contribution in [0.1, 0.15) is 38.7 Å². The number of ether oxygens (including phenoxy) is 1. The minimum atomic E-state index is -3.76. The molecule has 3 rings (SSSR count). The average molecular weight is 409 g/mol. The maximum absolute atomic E-state index is 13.4. The van der Waals surface area contributed by atoms with Crippen LogP contribution in [0.2, 0.25) is 0 Å². The Bertz CT molecular complexity index is 835. The van der Waals surface area contributed by atoms with E-state index < -0.39 is 16.1 Å². The zero-order valence-corrected chi connectivity index (χ0v) is 18.1. The normalized spacial score (nSPS) is 26.1. The summed E-state index contributed by atoms with van der Waals surface area (Å²) in [6.45, 7) is 4.54. The van der Waals surface area contributed by atoms with Gasteiger partial charge in [0, 0.05) is 25.0 Å². The number of fused-ring (bicyclic) bond motifs is 1. The van der Waals surface area contributed by atoms with Crippen molar-refractivity contribution in [3.05, 3.63) is 29.8 Å². The number of rotatable bonds is 5. The molecule has 0 fully saturated rings. The van der Waals surface area contributed by atoms with Crippen molar-refractivity contribution in [1.29, 1.82) is 0 Å². The van der Waals surface area contributed by atoms with Crippen molar-refractivity contribution < 1.29 is 18.3 Å². The van der Waals surface area contributed by atoms with E-state index in [0.29, 0.717) is 18.8 Å². The maximum atomic E-state index is 13.4. The summed E-state index contributed by atoms with van der Waals surface area (Å²) in [5, 5.41) is 9.66. The molecule has 0 aromatic heterocycles. The highest BCUT2D eigenvalue weighted by Gasteiger charge is 2.38. The van der Waals surface area contributed by atoms with Gasteiger partial charge in [0.25, 0.3) is 0 Å². The van der Waals surface area contributed by atoms with Gasteiger partial charge in [0.05, 0.1) is 6.61 Å². The van der Waals surface area contributed by atoms with Gasteiger partial charge in [-0.2, -0.15) is 4.31 Å². The molecule has 28 heavy (non-hydrogen) atoms. The minimum absolute atomic E-state index is 0.0197. The SMILES string of the molecule is C[C@H](CO)N1C[C@H](C)[C@H](CN(C)C)Oc2cc(C3=CCCC3)ccc2S1(=O)=O. The average Bonchev–Trinajstić information content (AvgIpc) is 3.18. The van der Waals surface area contributed by atoms with Crippen LogP contribution in [0.5, 0.6) is 5.75 Å². The molecule has 1 N–H and O–H groups in total. The lowest BCUT2D eigenvalue weighted by Gasteiger charge is -2.37. The van der Waals surface area contributed by atoms with Crippen LogP contribution in [-0.2, 0) is 10.0 Å². The monoisotopic (exact) mass is 408 g/mol. The van der Waals surface area contributed by atoms with Gasteiger partial charge in [0.15, 0.2) is 0 Å². The van der Waals surface area contributed by atoms with Gasteiger partial charge in [-0.05, 0) is 63.6 Å². The van der Waals surface area contributed by atoms with Crippen molar-refractivity contribution in [2.45, 2.75) is 50.2 Å². The summed E-state index contributed by atoms with van der Waals surface area (Å²) >= 11 is 0. The van der Waals surface area contributed by atoms with Gasteiger partial charge in [-0.15, -0.1) is 0 Å². The van der Waals surface area contributed by atoms with Crippen LogP contribution in [-0.4, -0.2) is 68.7 Å². The fourth-order valence-electron chi connectivity index (χ4n) is 3.94. The first-order valence-electron chi connectivity index (χ1n) is 10.0. The minimum Gasteiger partial charge on any atom is -0.487 e. The Hall–Kier alpha value is -1.41. The maximum Gasteiger partial charge on any atom is 0.247 e. The van der Waals surface area contributed by atoms with E-state index in [1.807, 2.05) is 33.2 Å². The van der Waals surface area contributed by atoms with E-state index in [1.165, 1.54) is 9.88 Å². The first-order valence-corrected chi connectivity index (χ1v) is 11.5. The molecule has 7 heteroatoms. The second-order valence-corrected chi connectivity index (χ2v) is 10.1. The van der Waals surface area contributed by atoms with Crippen molar-refractivity contribution >= 4 is 15.6 Å².